The number of nitrogens with one attached hydrogen (secondary N) is 2. The van der Waals surface area contributed by atoms with Gasteiger partial charge in [0.05, 0.1) is 42.5 Å². The lowest BCUT2D eigenvalue weighted by molar-refractivity contribution is -0.147. The third kappa shape index (κ3) is 4.91. The van der Waals surface area contributed by atoms with Crippen LogP contribution >= 0.6 is 11.6 Å². The summed E-state index contributed by atoms with van der Waals surface area (Å²) in [7, 11) is 1.24. The Morgan fingerprint density at radius 3 is 2.50 bits per heavy atom. The fourth-order valence-corrected chi connectivity index (χ4v) is 4.06. The third-order valence-electron chi connectivity index (χ3n) is 5.84. The normalized spacial score (nSPS) is 14.8. The highest BCUT2D eigenvalue weighted by Gasteiger charge is 2.48. The Balaban J connectivity index is 1.52. The zero-order chi connectivity index (χ0) is 25.9. The molecule has 4 rings (SSSR count). The third-order valence-corrected chi connectivity index (χ3v) is 6.15. The smallest absolute Gasteiger partial charge is 0.340 e. The lowest BCUT2D eigenvalue weighted by Crippen LogP contribution is -2.70. The Morgan fingerprint density at radius 2 is 1.89 bits per heavy atom. The number of nitrogens with zero attached hydrogens (tertiary/aromatic N) is 2. The van der Waals surface area contributed by atoms with Crippen LogP contribution in [0.5, 0.6) is 0 Å². The number of benzene rings is 2. The number of halogens is 2. The maximum absolute atomic E-state index is 15.2. The van der Waals surface area contributed by atoms with Crippen molar-refractivity contribution in [3.05, 3.63) is 82.6 Å². The average Bonchev–Trinajstić information content (AvgIpc) is 2.85. The van der Waals surface area contributed by atoms with Gasteiger partial charge in [-0.25, -0.2) is 19.2 Å². The molecule has 3 aromatic rings. The summed E-state index contributed by atoms with van der Waals surface area (Å²) in [4.78, 5) is 45.4. The van der Waals surface area contributed by atoms with Gasteiger partial charge in [-0.05, 0) is 30.2 Å². The second kappa shape index (κ2) is 10.4. The van der Waals surface area contributed by atoms with Gasteiger partial charge in [-0.15, -0.1) is 0 Å². The van der Waals surface area contributed by atoms with Gasteiger partial charge >= 0.3 is 5.97 Å². The highest BCUT2D eigenvalue weighted by atomic mass is 35.5. The highest BCUT2D eigenvalue weighted by molar-refractivity contribution is 6.34. The number of methoxy groups -OCH3 is 1. The Kier molecular flexibility index (Phi) is 7.27. The number of ether oxygens (including phenoxy) is 2. The van der Waals surface area contributed by atoms with Gasteiger partial charge in [-0.3, -0.25) is 9.59 Å². The molecule has 1 aliphatic rings. The molecule has 0 aliphatic carbocycles. The van der Waals surface area contributed by atoms with Crippen LogP contribution in [0.15, 0.2) is 55.1 Å². The van der Waals surface area contributed by atoms with E-state index in [-0.39, 0.29) is 34.9 Å². The van der Waals surface area contributed by atoms with Crippen molar-refractivity contribution in [2.45, 2.75) is 18.5 Å². The maximum atomic E-state index is 15.2. The minimum atomic E-state index is -1.30. The Hall–Kier alpha value is -3.89. The van der Waals surface area contributed by atoms with Crippen molar-refractivity contribution >= 4 is 29.4 Å². The number of carbonyl (C=O) groups excluding carboxylic acids is 3. The number of amides is 2. The van der Waals surface area contributed by atoms with Crippen molar-refractivity contribution in [1.82, 2.24) is 20.6 Å². The van der Waals surface area contributed by atoms with Gasteiger partial charge in [0.15, 0.2) is 5.54 Å². The molecule has 9 nitrogen and oxygen atoms in total. The van der Waals surface area contributed by atoms with Gasteiger partial charge in [-0.1, -0.05) is 35.9 Å². The van der Waals surface area contributed by atoms with Crippen LogP contribution in [-0.2, 0) is 14.3 Å². The molecule has 0 saturated carbocycles. The fourth-order valence-electron chi connectivity index (χ4n) is 3.80. The van der Waals surface area contributed by atoms with E-state index in [1.54, 1.807) is 31.2 Å². The molecule has 0 spiro atoms. The second-order valence-electron chi connectivity index (χ2n) is 8.24. The number of esters is 1. The van der Waals surface area contributed by atoms with Gasteiger partial charge in [0.2, 0.25) is 0 Å². The maximum Gasteiger partial charge on any atom is 0.340 e. The predicted molar refractivity (Wildman–Crippen MR) is 128 cm³/mol. The first-order valence-corrected chi connectivity index (χ1v) is 11.3. The second-order valence-corrected chi connectivity index (χ2v) is 8.65. The number of rotatable bonds is 7. The van der Waals surface area contributed by atoms with E-state index in [2.05, 4.69) is 20.6 Å². The zero-order valence-electron chi connectivity index (χ0n) is 19.4. The summed E-state index contributed by atoms with van der Waals surface area (Å²) in [5, 5.41) is 5.60. The number of carbonyl (C=O) groups is 3. The van der Waals surface area contributed by atoms with Crippen molar-refractivity contribution in [3.8, 4) is 11.1 Å². The van der Waals surface area contributed by atoms with Crippen molar-refractivity contribution in [2.24, 2.45) is 0 Å². The van der Waals surface area contributed by atoms with Crippen LogP contribution in [0, 0.1) is 5.82 Å². The van der Waals surface area contributed by atoms with E-state index in [0.717, 1.165) is 0 Å². The minimum Gasteiger partial charge on any atom is -0.465 e. The van der Waals surface area contributed by atoms with Crippen molar-refractivity contribution in [2.75, 3.05) is 20.3 Å². The molecule has 1 saturated heterocycles. The van der Waals surface area contributed by atoms with Gasteiger partial charge < -0.3 is 20.1 Å². The molecule has 1 fully saturated rings. The van der Waals surface area contributed by atoms with E-state index in [1.165, 1.54) is 38.0 Å². The molecule has 11 heteroatoms. The van der Waals surface area contributed by atoms with Crippen LogP contribution in [0.25, 0.3) is 11.1 Å². The molecule has 2 N–H and O–H groups in total. The summed E-state index contributed by atoms with van der Waals surface area (Å²) in [5.74, 6) is -2.28. The van der Waals surface area contributed by atoms with Crippen LogP contribution in [0.4, 0.5) is 4.39 Å². The van der Waals surface area contributed by atoms with E-state index < -0.39 is 35.2 Å². The molecular weight excluding hydrogens is 491 g/mol. The number of hydrogen-bond acceptors (Lipinski definition) is 7. The van der Waals surface area contributed by atoms with Crippen molar-refractivity contribution in [1.29, 1.82) is 0 Å². The van der Waals surface area contributed by atoms with Gasteiger partial charge in [0.1, 0.15) is 12.1 Å². The van der Waals surface area contributed by atoms with E-state index in [4.69, 9.17) is 21.1 Å². The SMILES string of the molecule is COC(=O)c1c(Cl)cccc1-c1ccc(C(C)NC(=O)C2(NC(=O)c3cncnc3)COC2)c(F)c1. The lowest BCUT2D eigenvalue weighted by atomic mass is 9.93. The molecule has 2 aromatic carbocycles. The van der Waals surface area contributed by atoms with Crippen molar-refractivity contribution in [3.63, 3.8) is 0 Å². The summed E-state index contributed by atoms with van der Waals surface area (Å²) in [5.41, 5.74) is 0.0640. The molecule has 1 aliphatic heterocycles. The minimum absolute atomic E-state index is 0.0303. The highest BCUT2D eigenvalue weighted by Crippen LogP contribution is 2.32. The Morgan fingerprint density at radius 1 is 1.17 bits per heavy atom. The van der Waals surface area contributed by atoms with Crippen LogP contribution in [0.3, 0.4) is 0 Å². The average molecular weight is 513 g/mol. The topological polar surface area (TPSA) is 120 Å². The summed E-state index contributed by atoms with van der Waals surface area (Å²) in [6.07, 6.45) is 3.95. The molecule has 1 atom stereocenters. The number of aromatic nitrogens is 2. The molecule has 1 aromatic heterocycles. The first kappa shape index (κ1) is 25.2. The first-order chi connectivity index (χ1) is 17.3. The summed E-state index contributed by atoms with van der Waals surface area (Å²) >= 11 is 6.18. The molecule has 2 heterocycles. The summed E-state index contributed by atoms with van der Waals surface area (Å²) in [6, 6.07) is 8.49. The van der Waals surface area contributed by atoms with Gasteiger partial charge in [0.25, 0.3) is 11.8 Å². The van der Waals surface area contributed by atoms with Gasteiger partial charge in [-0.2, -0.15) is 0 Å². The van der Waals surface area contributed by atoms with Crippen LogP contribution in [0.2, 0.25) is 5.02 Å². The molecular formula is C25H22ClFN4O5. The van der Waals surface area contributed by atoms with Crippen LogP contribution in [-0.4, -0.2) is 53.6 Å². The molecule has 1 unspecified atom stereocenters. The first-order valence-electron chi connectivity index (χ1n) is 10.9. The van der Waals surface area contributed by atoms with E-state index in [1.807, 2.05) is 0 Å². The zero-order valence-corrected chi connectivity index (χ0v) is 20.1. The molecule has 0 bridgehead atoms. The molecule has 0 radical (unpaired) electrons. The van der Waals surface area contributed by atoms with Gasteiger partial charge in [0, 0.05) is 18.0 Å². The monoisotopic (exact) mass is 512 g/mol. The number of hydrogen-bond donors (Lipinski definition) is 2. The van der Waals surface area contributed by atoms with E-state index in [9.17, 15) is 14.4 Å². The molecule has 36 heavy (non-hydrogen) atoms. The quantitative estimate of drug-likeness (QED) is 0.467. The fraction of sp³-hybridized carbons (Fsp3) is 0.240. The van der Waals surface area contributed by atoms with E-state index in [0.29, 0.717) is 11.1 Å². The van der Waals surface area contributed by atoms with E-state index >= 15 is 4.39 Å². The Labute approximate surface area is 211 Å². The summed E-state index contributed by atoms with van der Waals surface area (Å²) in [6.45, 7) is 1.56. The van der Waals surface area contributed by atoms with Crippen LogP contribution in [0.1, 0.15) is 39.2 Å². The molecule has 2 amide bonds. The Bertz CT molecular complexity index is 1320. The lowest BCUT2D eigenvalue weighted by Gasteiger charge is -2.40. The standard InChI is InChI=1S/C25H22ClFN4O5/c1-14(30-24(34)25(11-36-12-25)31-22(32)16-9-28-13-29-10-16)17-7-6-15(8-20(17)27)18-4-3-5-19(26)21(18)23(33)35-2/h3-10,13-14H,11-12H2,1-2H3,(H,30,34)(H,31,32). The predicted octanol–water partition coefficient (Wildman–Crippen LogP) is 3.10. The molecule has 186 valence electrons. The summed E-state index contributed by atoms with van der Waals surface area (Å²) < 4.78 is 25.2. The van der Waals surface area contributed by atoms with Crippen molar-refractivity contribution < 1.29 is 28.2 Å². The van der Waals surface area contributed by atoms with Crippen LogP contribution < -0.4 is 10.6 Å². The largest absolute Gasteiger partial charge is 0.465 e.